The molecule has 0 bridgehead atoms. The first-order valence-corrected chi connectivity index (χ1v) is 3.96. The van der Waals surface area contributed by atoms with Gasteiger partial charge in [-0.1, -0.05) is 0 Å². The fourth-order valence-corrected chi connectivity index (χ4v) is 1.07. The predicted octanol–water partition coefficient (Wildman–Crippen LogP) is 1.61. The molecule has 0 fully saturated rings. The van der Waals surface area contributed by atoms with Crippen LogP contribution in [0.4, 0.5) is 13.2 Å². The van der Waals surface area contributed by atoms with Crippen LogP contribution < -0.4 is 0 Å². The van der Waals surface area contributed by atoms with Crippen LogP contribution in [-0.4, -0.2) is 16.2 Å². The van der Waals surface area contributed by atoms with E-state index in [-0.39, 0.29) is 6.07 Å². The summed E-state index contributed by atoms with van der Waals surface area (Å²) in [6.45, 7) is 0. The van der Waals surface area contributed by atoms with Crippen molar-refractivity contribution in [2.75, 3.05) is 0 Å². The van der Waals surface area contributed by atoms with Crippen molar-refractivity contribution < 1.29 is 28.2 Å². The number of rotatable bonds is 3. The molecule has 0 saturated carbocycles. The summed E-state index contributed by atoms with van der Waals surface area (Å²) in [5.41, 5.74) is -0.573. The normalized spacial score (nSPS) is 12.5. The van der Waals surface area contributed by atoms with Crippen molar-refractivity contribution in [3.63, 3.8) is 0 Å². The average Bonchev–Trinajstić information content (AvgIpc) is 2.09. The number of halogens is 3. The summed E-state index contributed by atoms with van der Waals surface area (Å²) in [7, 11) is 0. The second kappa shape index (κ2) is 4.31. The lowest BCUT2D eigenvalue weighted by Crippen LogP contribution is -2.08. The molecule has 0 aliphatic carbocycles. The van der Waals surface area contributed by atoms with E-state index in [1.54, 1.807) is 0 Å². The summed E-state index contributed by atoms with van der Waals surface area (Å²) in [6, 6.07) is 0.702. The molecule has 3 nitrogen and oxygen atoms in total. The third-order valence-corrected chi connectivity index (χ3v) is 1.77. The van der Waals surface area contributed by atoms with Crippen LogP contribution in [0.15, 0.2) is 12.1 Å². The first-order valence-electron chi connectivity index (χ1n) is 3.96. The van der Waals surface area contributed by atoms with Crippen molar-refractivity contribution in [2.45, 2.75) is 12.5 Å². The van der Waals surface area contributed by atoms with Crippen LogP contribution in [0.25, 0.3) is 0 Å². The maximum Gasteiger partial charge on any atom is 0.306 e. The highest BCUT2D eigenvalue weighted by molar-refractivity contribution is 5.67. The second-order valence-electron chi connectivity index (χ2n) is 2.90. The van der Waals surface area contributed by atoms with Gasteiger partial charge in [0.25, 0.3) is 0 Å². The molecule has 0 aliphatic rings. The summed E-state index contributed by atoms with van der Waals surface area (Å²) in [5, 5.41) is 17.5. The molecular formula is C9H7F3O3. The molecular weight excluding hydrogens is 213 g/mol. The maximum atomic E-state index is 13.0. The lowest BCUT2D eigenvalue weighted by atomic mass is 10.1. The van der Waals surface area contributed by atoms with E-state index in [1.807, 2.05) is 0 Å². The monoisotopic (exact) mass is 220 g/mol. The fourth-order valence-electron chi connectivity index (χ4n) is 1.07. The second-order valence-corrected chi connectivity index (χ2v) is 2.90. The Morgan fingerprint density at radius 1 is 1.20 bits per heavy atom. The van der Waals surface area contributed by atoms with Crippen molar-refractivity contribution in [3.05, 3.63) is 35.1 Å². The number of carbonyl (C=O) groups is 1. The van der Waals surface area contributed by atoms with Crippen LogP contribution in [0.1, 0.15) is 18.1 Å². The van der Waals surface area contributed by atoms with Crippen LogP contribution in [0, 0.1) is 17.5 Å². The minimum atomic E-state index is -1.70. The van der Waals surface area contributed by atoms with Crippen molar-refractivity contribution in [2.24, 2.45) is 0 Å². The van der Waals surface area contributed by atoms with E-state index < -0.39 is 41.5 Å². The zero-order chi connectivity index (χ0) is 11.6. The first kappa shape index (κ1) is 11.5. The summed E-state index contributed by atoms with van der Waals surface area (Å²) in [5.74, 6) is -5.27. The van der Waals surface area contributed by atoms with Gasteiger partial charge in [0.05, 0.1) is 12.5 Å². The van der Waals surface area contributed by atoms with Gasteiger partial charge in [-0.05, 0) is 6.07 Å². The highest BCUT2D eigenvalue weighted by Crippen LogP contribution is 2.22. The highest BCUT2D eigenvalue weighted by atomic mass is 19.2. The Balaban J connectivity index is 3.03. The Hall–Kier alpha value is -1.56. The molecule has 2 N–H and O–H groups in total. The Morgan fingerprint density at radius 2 is 1.73 bits per heavy atom. The van der Waals surface area contributed by atoms with Crippen LogP contribution in [0.2, 0.25) is 0 Å². The van der Waals surface area contributed by atoms with Gasteiger partial charge in [-0.15, -0.1) is 0 Å². The average molecular weight is 220 g/mol. The van der Waals surface area contributed by atoms with Gasteiger partial charge in [0.15, 0.2) is 11.6 Å². The Kier molecular flexibility index (Phi) is 3.31. The Morgan fingerprint density at radius 3 is 2.27 bits per heavy atom. The summed E-state index contributed by atoms with van der Waals surface area (Å²) < 4.78 is 38.1. The van der Waals surface area contributed by atoms with Gasteiger partial charge in [-0.25, -0.2) is 13.2 Å². The minimum absolute atomic E-state index is 0.260. The molecule has 1 rings (SSSR count). The molecule has 6 heteroatoms. The standard InChI is InChI=1S/C9H7F3O3/c10-5-2-7(12)6(11)1-4(5)8(13)3-9(14)15/h1-2,8,13H,3H2,(H,14,15). The van der Waals surface area contributed by atoms with Crippen molar-refractivity contribution in [1.29, 1.82) is 0 Å². The molecule has 0 amide bonds. The number of hydrogen-bond acceptors (Lipinski definition) is 2. The van der Waals surface area contributed by atoms with Crippen LogP contribution in [0.3, 0.4) is 0 Å². The van der Waals surface area contributed by atoms with Gasteiger partial charge in [-0.2, -0.15) is 0 Å². The predicted molar refractivity (Wildman–Crippen MR) is 43.5 cm³/mol. The van der Waals surface area contributed by atoms with Crippen molar-refractivity contribution in [3.8, 4) is 0 Å². The number of hydrogen-bond donors (Lipinski definition) is 2. The molecule has 1 aromatic carbocycles. The Labute approximate surface area is 82.8 Å². The van der Waals surface area contributed by atoms with E-state index in [2.05, 4.69) is 0 Å². The van der Waals surface area contributed by atoms with E-state index >= 15 is 0 Å². The molecule has 0 aliphatic heterocycles. The lowest BCUT2D eigenvalue weighted by molar-refractivity contribution is -0.139. The highest BCUT2D eigenvalue weighted by Gasteiger charge is 2.19. The molecule has 0 saturated heterocycles. The van der Waals surface area contributed by atoms with Crippen LogP contribution >= 0.6 is 0 Å². The van der Waals surface area contributed by atoms with E-state index in [1.165, 1.54) is 0 Å². The van der Waals surface area contributed by atoms with Crippen molar-refractivity contribution in [1.82, 2.24) is 0 Å². The summed E-state index contributed by atoms with van der Waals surface area (Å²) in [4.78, 5) is 10.2. The molecule has 1 atom stereocenters. The van der Waals surface area contributed by atoms with Crippen LogP contribution in [-0.2, 0) is 4.79 Å². The number of aliphatic hydroxyl groups is 1. The number of carboxylic acids is 1. The Bertz CT molecular complexity index is 392. The quantitative estimate of drug-likeness (QED) is 0.761. The molecule has 1 aromatic rings. The molecule has 0 radical (unpaired) electrons. The van der Waals surface area contributed by atoms with Gasteiger partial charge in [0.1, 0.15) is 5.82 Å². The summed E-state index contributed by atoms with van der Waals surface area (Å²) in [6.07, 6.45) is -2.47. The largest absolute Gasteiger partial charge is 0.481 e. The zero-order valence-corrected chi connectivity index (χ0v) is 7.38. The van der Waals surface area contributed by atoms with Crippen molar-refractivity contribution >= 4 is 5.97 Å². The zero-order valence-electron chi connectivity index (χ0n) is 7.38. The molecule has 1 unspecified atom stereocenters. The van der Waals surface area contributed by atoms with Gasteiger partial charge in [0, 0.05) is 11.6 Å². The summed E-state index contributed by atoms with van der Waals surface area (Å²) >= 11 is 0. The topological polar surface area (TPSA) is 57.5 Å². The van der Waals surface area contributed by atoms with Gasteiger partial charge >= 0.3 is 5.97 Å². The molecule has 0 spiro atoms. The van der Waals surface area contributed by atoms with Gasteiger partial charge < -0.3 is 10.2 Å². The molecule has 0 aromatic heterocycles. The third kappa shape index (κ3) is 2.69. The number of carboxylic acid groups (broad SMARTS) is 1. The molecule has 0 heterocycles. The lowest BCUT2D eigenvalue weighted by Gasteiger charge is -2.09. The molecule has 15 heavy (non-hydrogen) atoms. The smallest absolute Gasteiger partial charge is 0.306 e. The minimum Gasteiger partial charge on any atom is -0.481 e. The van der Waals surface area contributed by atoms with Gasteiger partial charge in [0.2, 0.25) is 0 Å². The van der Waals surface area contributed by atoms with Gasteiger partial charge in [-0.3, -0.25) is 4.79 Å². The third-order valence-electron chi connectivity index (χ3n) is 1.77. The SMILES string of the molecule is O=C(O)CC(O)c1cc(F)c(F)cc1F. The number of aliphatic hydroxyl groups excluding tert-OH is 1. The van der Waals surface area contributed by atoms with E-state index in [0.717, 1.165) is 0 Å². The molecule has 82 valence electrons. The first-order chi connectivity index (χ1) is 6.91. The number of benzene rings is 1. The fraction of sp³-hybridized carbons (Fsp3) is 0.222. The van der Waals surface area contributed by atoms with E-state index in [0.29, 0.717) is 6.07 Å². The van der Waals surface area contributed by atoms with E-state index in [9.17, 15) is 23.1 Å². The van der Waals surface area contributed by atoms with Crippen LogP contribution in [0.5, 0.6) is 0 Å². The maximum absolute atomic E-state index is 13.0. The number of aliphatic carboxylic acids is 1. The van der Waals surface area contributed by atoms with E-state index in [4.69, 9.17) is 5.11 Å².